The predicted molar refractivity (Wildman–Crippen MR) is 123 cm³/mol. The molecule has 0 aromatic heterocycles. The van der Waals surface area contributed by atoms with Crippen LogP contribution in [0.5, 0.6) is 0 Å². The van der Waals surface area contributed by atoms with Gasteiger partial charge >= 0.3 is 0 Å². The number of carbonyl (C=O) groups excluding carboxylic acids is 2. The minimum Gasteiger partial charge on any atom is -0.398 e. The van der Waals surface area contributed by atoms with Crippen LogP contribution in [0.15, 0.2) is 85.4 Å². The molecule has 3 aromatic carbocycles. The fraction of sp³-hybridized carbons (Fsp3) is 0.154. The Morgan fingerprint density at radius 3 is 2.31 bits per heavy atom. The molecule has 1 fully saturated rings. The fourth-order valence-corrected chi connectivity index (χ4v) is 4.16. The summed E-state index contributed by atoms with van der Waals surface area (Å²) in [6.45, 7) is 4.21. The second-order valence-electron chi connectivity index (χ2n) is 7.86. The van der Waals surface area contributed by atoms with Crippen LogP contribution in [0.3, 0.4) is 0 Å². The Labute approximate surface area is 186 Å². The molecule has 5 nitrogen and oxygen atoms in total. The van der Waals surface area contributed by atoms with Crippen molar-refractivity contribution in [2.75, 3.05) is 12.8 Å². The Morgan fingerprint density at radius 1 is 1.03 bits per heavy atom. The molecule has 2 N–H and O–H groups in total. The van der Waals surface area contributed by atoms with Crippen molar-refractivity contribution in [1.82, 2.24) is 9.80 Å². The number of anilines is 1. The van der Waals surface area contributed by atoms with Crippen LogP contribution in [0, 0.1) is 5.82 Å². The Morgan fingerprint density at radius 2 is 1.66 bits per heavy atom. The van der Waals surface area contributed by atoms with Crippen LogP contribution in [0.1, 0.15) is 21.5 Å². The van der Waals surface area contributed by atoms with Crippen molar-refractivity contribution in [1.29, 1.82) is 0 Å². The third-order valence-electron chi connectivity index (χ3n) is 5.81. The van der Waals surface area contributed by atoms with Crippen molar-refractivity contribution < 1.29 is 14.0 Å². The van der Waals surface area contributed by atoms with Gasteiger partial charge in [-0.1, -0.05) is 67.2 Å². The summed E-state index contributed by atoms with van der Waals surface area (Å²) in [4.78, 5) is 30.1. The highest BCUT2D eigenvalue weighted by atomic mass is 19.1. The molecule has 162 valence electrons. The van der Waals surface area contributed by atoms with Crippen molar-refractivity contribution in [3.05, 3.63) is 108 Å². The number of nitrogens with two attached hydrogens (primary N) is 1. The second kappa shape index (κ2) is 8.67. The average molecular weight is 429 g/mol. The first kappa shape index (κ1) is 21.3. The number of hydrogen-bond acceptors (Lipinski definition) is 3. The second-order valence-corrected chi connectivity index (χ2v) is 7.86. The predicted octanol–water partition coefficient (Wildman–Crippen LogP) is 3.97. The summed E-state index contributed by atoms with van der Waals surface area (Å²) >= 11 is 0. The first-order valence-electron chi connectivity index (χ1n) is 10.3. The van der Waals surface area contributed by atoms with Gasteiger partial charge in [0.15, 0.2) is 0 Å². The Balaban J connectivity index is 1.80. The van der Waals surface area contributed by atoms with Crippen LogP contribution < -0.4 is 5.73 Å². The van der Waals surface area contributed by atoms with E-state index in [0.29, 0.717) is 12.0 Å². The van der Waals surface area contributed by atoms with E-state index in [-0.39, 0.29) is 17.2 Å². The summed E-state index contributed by atoms with van der Waals surface area (Å²) in [6.07, 6.45) is -0.405. The number of hydrogen-bond donors (Lipinski definition) is 1. The highest BCUT2D eigenvalue weighted by molar-refractivity contribution is 6.04. The van der Waals surface area contributed by atoms with Gasteiger partial charge in [-0.15, -0.1) is 0 Å². The van der Waals surface area contributed by atoms with E-state index >= 15 is 0 Å². The summed E-state index contributed by atoms with van der Waals surface area (Å²) in [7, 11) is 1.65. The van der Waals surface area contributed by atoms with Crippen molar-refractivity contribution in [2.24, 2.45) is 0 Å². The van der Waals surface area contributed by atoms with E-state index in [1.54, 1.807) is 7.05 Å². The summed E-state index contributed by atoms with van der Waals surface area (Å²) in [5, 5.41) is 0. The molecule has 32 heavy (non-hydrogen) atoms. The molecule has 0 aliphatic carbocycles. The van der Waals surface area contributed by atoms with Crippen LogP contribution in [0.2, 0.25) is 0 Å². The molecule has 3 aromatic rings. The molecule has 0 saturated carbocycles. The number of likely N-dealkylation sites (N-methyl/N-ethyl adjacent to an activating group) is 1. The highest BCUT2D eigenvalue weighted by Gasteiger charge is 2.48. The van der Waals surface area contributed by atoms with Crippen molar-refractivity contribution in [3.63, 3.8) is 0 Å². The van der Waals surface area contributed by atoms with Gasteiger partial charge in [0.2, 0.25) is 5.91 Å². The number of carbonyl (C=O) groups is 2. The zero-order valence-electron chi connectivity index (χ0n) is 17.7. The van der Waals surface area contributed by atoms with Gasteiger partial charge in [-0.25, -0.2) is 4.39 Å². The van der Waals surface area contributed by atoms with E-state index in [4.69, 9.17) is 5.73 Å². The molecule has 1 aliphatic rings. The molecule has 0 unspecified atom stereocenters. The van der Waals surface area contributed by atoms with Gasteiger partial charge in [-0.2, -0.15) is 0 Å². The van der Waals surface area contributed by atoms with Crippen molar-refractivity contribution in [2.45, 2.75) is 18.6 Å². The van der Waals surface area contributed by atoms with Gasteiger partial charge in [0.05, 0.1) is 5.56 Å². The number of nitrogens with zero attached hydrogens (tertiary/aromatic N) is 2. The van der Waals surface area contributed by atoms with E-state index in [0.717, 1.165) is 17.2 Å². The van der Waals surface area contributed by atoms with Gasteiger partial charge in [0, 0.05) is 19.2 Å². The van der Waals surface area contributed by atoms with E-state index in [1.165, 1.54) is 21.9 Å². The minimum atomic E-state index is -0.775. The lowest BCUT2D eigenvalue weighted by Crippen LogP contribution is -2.45. The topological polar surface area (TPSA) is 66.6 Å². The monoisotopic (exact) mass is 429 g/mol. The van der Waals surface area contributed by atoms with Gasteiger partial charge in [-0.3, -0.25) is 9.59 Å². The molecule has 1 saturated heterocycles. The molecule has 0 bridgehead atoms. The van der Waals surface area contributed by atoms with E-state index in [2.05, 4.69) is 6.58 Å². The zero-order chi connectivity index (χ0) is 22.8. The van der Waals surface area contributed by atoms with Gasteiger partial charge in [0.25, 0.3) is 5.91 Å². The number of rotatable bonds is 5. The molecule has 2 atom stereocenters. The van der Waals surface area contributed by atoms with Crippen LogP contribution in [0.4, 0.5) is 10.1 Å². The number of benzene rings is 3. The van der Waals surface area contributed by atoms with Gasteiger partial charge < -0.3 is 15.5 Å². The van der Waals surface area contributed by atoms with Gasteiger partial charge in [-0.05, 0) is 34.9 Å². The lowest BCUT2D eigenvalue weighted by atomic mass is 10.0. The third kappa shape index (κ3) is 3.87. The van der Waals surface area contributed by atoms with Crippen LogP contribution in [-0.2, 0) is 11.2 Å². The maximum absolute atomic E-state index is 14.0. The first-order chi connectivity index (χ1) is 15.4. The standard InChI is InChI=1S/C26H24FN3O2/c1-17(19-11-7-4-8-12-19)24-29(2)26(32)23(15-18-9-5-3-6-10-18)30(24)25(31)21-16-20(27)13-14-22(21)28/h3-14,16,23-24H,1,15,28H2,2H3/t23-,24+/m0/s1. The largest absolute Gasteiger partial charge is 0.398 e. The molecule has 0 radical (unpaired) electrons. The SMILES string of the molecule is C=C(c1ccccc1)[C@@H]1N(C)C(=O)[C@H](Cc2ccccc2)N1C(=O)c1cc(F)ccc1N. The molecule has 1 heterocycles. The zero-order valence-corrected chi connectivity index (χ0v) is 17.7. The number of nitrogen functional groups attached to an aromatic ring is 1. The Bertz CT molecular complexity index is 1160. The quantitative estimate of drug-likeness (QED) is 0.624. The van der Waals surface area contributed by atoms with Crippen LogP contribution in [-0.4, -0.2) is 40.9 Å². The molecule has 1 aliphatic heterocycles. The lowest BCUT2D eigenvalue weighted by Gasteiger charge is -2.32. The van der Waals surface area contributed by atoms with Crippen LogP contribution in [0.25, 0.3) is 5.57 Å². The normalized spacial score (nSPS) is 18.1. The molecule has 2 amide bonds. The van der Waals surface area contributed by atoms with Crippen molar-refractivity contribution in [3.8, 4) is 0 Å². The first-order valence-corrected chi connectivity index (χ1v) is 10.3. The summed E-state index contributed by atoms with van der Waals surface area (Å²) in [6, 6.07) is 21.8. The fourth-order valence-electron chi connectivity index (χ4n) is 4.16. The van der Waals surface area contributed by atoms with Gasteiger partial charge in [0.1, 0.15) is 18.0 Å². The Kier molecular flexibility index (Phi) is 5.77. The molecular weight excluding hydrogens is 405 g/mol. The maximum atomic E-state index is 14.0. The summed E-state index contributed by atoms with van der Waals surface area (Å²) in [5.74, 6) is -1.29. The molecule has 6 heteroatoms. The average Bonchev–Trinajstić information content (AvgIpc) is 3.06. The third-order valence-corrected chi connectivity index (χ3v) is 5.81. The van der Waals surface area contributed by atoms with E-state index in [1.807, 2.05) is 60.7 Å². The summed E-state index contributed by atoms with van der Waals surface area (Å²) < 4.78 is 14.0. The Hall–Kier alpha value is -3.93. The van der Waals surface area contributed by atoms with Crippen LogP contribution >= 0.6 is 0 Å². The number of halogens is 1. The van der Waals surface area contributed by atoms with E-state index < -0.39 is 23.9 Å². The molecule has 0 spiro atoms. The lowest BCUT2D eigenvalue weighted by molar-refractivity contribution is -0.128. The maximum Gasteiger partial charge on any atom is 0.258 e. The molecule has 4 rings (SSSR count). The smallest absolute Gasteiger partial charge is 0.258 e. The minimum absolute atomic E-state index is 0.0250. The number of amides is 2. The highest BCUT2D eigenvalue weighted by Crippen LogP contribution is 2.34. The van der Waals surface area contributed by atoms with Crippen molar-refractivity contribution >= 4 is 23.1 Å². The molecular formula is C26H24FN3O2. The summed E-state index contributed by atoms with van der Waals surface area (Å²) in [5.41, 5.74) is 8.52. The van der Waals surface area contributed by atoms with E-state index in [9.17, 15) is 14.0 Å².